The molecule has 2 rings (SSSR count). The largest absolute Gasteiger partial charge is 0.395 e. The van der Waals surface area contributed by atoms with E-state index in [0.717, 1.165) is 5.39 Å². The van der Waals surface area contributed by atoms with Crippen molar-refractivity contribution >= 4 is 17.0 Å². The topological polar surface area (TPSA) is 90.9 Å². The van der Waals surface area contributed by atoms with Crippen molar-refractivity contribution in [1.82, 2.24) is 15.0 Å². The quantitative estimate of drug-likeness (QED) is 0.642. The molecule has 0 amide bonds. The van der Waals surface area contributed by atoms with Crippen LogP contribution >= 0.6 is 0 Å². The lowest BCUT2D eigenvalue weighted by atomic mass is 10.3. The van der Waals surface area contributed by atoms with Crippen molar-refractivity contribution in [3.63, 3.8) is 0 Å². The average Bonchev–Trinajstić information content (AvgIpc) is 2.25. The summed E-state index contributed by atoms with van der Waals surface area (Å²) in [6.07, 6.45) is 1.61. The number of anilines is 1. The number of nitrogens with zero attached hydrogens (tertiary/aromatic N) is 2. The van der Waals surface area contributed by atoms with Crippen LogP contribution in [0.4, 0.5) is 5.95 Å². The Kier molecular flexibility index (Phi) is 2.59. The van der Waals surface area contributed by atoms with Crippen molar-refractivity contribution in [1.29, 1.82) is 0 Å². The third-order valence-corrected chi connectivity index (χ3v) is 1.87. The molecule has 0 unspecified atom stereocenters. The van der Waals surface area contributed by atoms with Crippen LogP contribution in [0.15, 0.2) is 23.1 Å². The van der Waals surface area contributed by atoms with Crippen molar-refractivity contribution in [3.05, 3.63) is 28.7 Å². The minimum Gasteiger partial charge on any atom is -0.395 e. The molecule has 0 saturated carbocycles. The van der Waals surface area contributed by atoms with E-state index in [1.807, 2.05) is 0 Å². The monoisotopic (exact) mass is 206 g/mol. The van der Waals surface area contributed by atoms with Crippen molar-refractivity contribution in [2.75, 3.05) is 18.5 Å². The van der Waals surface area contributed by atoms with Gasteiger partial charge in [-0.05, 0) is 6.07 Å². The molecule has 0 fully saturated rings. The lowest BCUT2D eigenvalue weighted by Crippen LogP contribution is -2.10. The Balaban J connectivity index is 2.40. The molecule has 78 valence electrons. The number of hydrogen-bond donors (Lipinski definition) is 3. The minimum atomic E-state index is -0.200. The van der Waals surface area contributed by atoms with Crippen LogP contribution in [0.25, 0.3) is 11.0 Å². The summed E-state index contributed by atoms with van der Waals surface area (Å²) in [6, 6.07) is 3.08. The van der Waals surface area contributed by atoms with E-state index in [1.54, 1.807) is 12.3 Å². The molecule has 15 heavy (non-hydrogen) atoms. The molecule has 0 aliphatic heterocycles. The number of H-pyrrole nitrogens is 1. The van der Waals surface area contributed by atoms with Gasteiger partial charge in [0.25, 0.3) is 0 Å². The smallest absolute Gasteiger partial charge is 0.249 e. The van der Waals surface area contributed by atoms with Crippen molar-refractivity contribution in [3.8, 4) is 0 Å². The van der Waals surface area contributed by atoms with Crippen LogP contribution in [0.3, 0.4) is 0 Å². The van der Waals surface area contributed by atoms with Gasteiger partial charge >= 0.3 is 0 Å². The number of nitrogens with one attached hydrogen (secondary N) is 2. The first-order chi connectivity index (χ1) is 7.29. The molecule has 0 aliphatic carbocycles. The number of rotatable bonds is 3. The van der Waals surface area contributed by atoms with Crippen LogP contribution in [0.5, 0.6) is 0 Å². The van der Waals surface area contributed by atoms with Crippen LogP contribution in [0, 0.1) is 0 Å². The zero-order valence-corrected chi connectivity index (χ0v) is 7.90. The maximum atomic E-state index is 11.0. The minimum absolute atomic E-state index is 0.00665. The molecule has 6 heteroatoms. The molecule has 2 heterocycles. The van der Waals surface area contributed by atoms with Gasteiger partial charge in [-0.1, -0.05) is 0 Å². The predicted octanol–water partition coefficient (Wildman–Crippen LogP) is -0.278. The van der Waals surface area contributed by atoms with Gasteiger partial charge in [0.15, 0.2) is 0 Å². The average molecular weight is 206 g/mol. The molecule has 0 aliphatic rings. The maximum Gasteiger partial charge on any atom is 0.249 e. The Bertz CT molecular complexity index is 523. The first kappa shape index (κ1) is 9.60. The number of fused-ring (bicyclic) bond motifs is 1. The van der Waals surface area contributed by atoms with Gasteiger partial charge in [-0.2, -0.15) is 4.98 Å². The lowest BCUT2D eigenvalue weighted by Gasteiger charge is -2.02. The van der Waals surface area contributed by atoms with Crippen molar-refractivity contribution in [2.24, 2.45) is 0 Å². The first-order valence-corrected chi connectivity index (χ1v) is 4.50. The van der Waals surface area contributed by atoms with E-state index >= 15 is 0 Å². The summed E-state index contributed by atoms with van der Waals surface area (Å²) < 4.78 is 0. The molecule has 2 aromatic heterocycles. The van der Waals surface area contributed by atoms with Crippen LogP contribution in [-0.4, -0.2) is 33.2 Å². The van der Waals surface area contributed by atoms with Gasteiger partial charge in [0.1, 0.15) is 5.65 Å². The Hall–Kier alpha value is -1.95. The summed E-state index contributed by atoms with van der Waals surface area (Å²) in [5, 5.41) is 12.2. The van der Waals surface area contributed by atoms with E-state index < -0.39 is 0 Å². The van der Waals surface area contributed by atoms with Crippen molar-refractivity contribution < 1.29 is 5.11 Å². The molecule has 0 atom stereocenters. The summed E-state index contributed by atoms with van der Waals surface area (Å²) in [6.45, 7) is 0.384. The van der Waals surface area contributed by atoms with E-state index in [-0.39, 0.29) is 12.2 Å². The summed E-state index contributed by atoms with van der Waals surface area (Å²) in [7, 11) is 0. The molecule has 0 radical (unpaired) electrons. The molecule has 0 bridgehead atoms. The van der Waals surface area contributed by atoms with Gasteiger partial charge in [0.2, 0.25) is 11.5 Å². The second-order valence-electron chi connectivity index (χ2n) is 2.97. The van der Waals surface area contributed by atoms with Crippen LogP contribution in [-0.2, 0) is 0 Å². The molecule has 0 spiro atoms. The van der Waals surface area contributed by atoms with Gasteiger partial charge in [-0.15, -0.1) is 0 Å². The maximum absolute atomic E-state index is 11.0. The van der Waals surface area contributed by atoms with Gasteiger partial charge in [0.05, 0.1) is 6.61 Å². The number of aromatic amines is 1. The highest BCUT2D eigenvalue weighted by Crippen LogP contribution is 2.06. The van der Waals surface area contributed by atoms with Crippen molar-refractivity contribution in [2.45, 2.75) is 0 Å². The molecule has 0 aromatic carbocycles. The van der Waals surface area contributed by atoms with Gasteiger partial charge in [-0.3, -0.25) is 4.79 Å². The Morgan fingerprint density at radius 1 is 1.47 bits per heavy atom. The highest BCUT2D eigenvalue weighted by Gasteiger charge is 1.99. The highest BCUT2D eigenvalue weighted by atomic mass is 16.3. The third-order valence-electron chi connectivity index (χ3n) is 1.87. The van der Waals surface area contributed by atoms with E-state index in [1.165, 1.54) is 6.07 Å². The molecular formula is C9H10N4O2. The number of aliphatic hydroxyl groups excluding tert-OH is 1. The molecule has 2 aromatic rings. The number of pyridine rings is 1. The standard InChI is InChI=1S/C9H10N4O2/c14-4-3-10-9-11-5-6-1-2-7(15)12-8(6)13-9/h1-2,5,14H,3-4H2,(H2,10,11,12,13,15). The number of aliphatic hydroxyl groups is 1. The van der Waals surface area contributed by atoms with Crippen LogP contribution < -0.4 is 10.9 Å². The highest BCUT2D eigenvalue weighted by molar-refractivity contribution is 5.74. The first-order valence-electron chi connectivity index (χ1n) is 4.50. The Morgan fingerprint density at radius 2 is 2.33 bits per heavy atom. The molecule has 3 N–H and O–H groups in total. The Morgan fingerprint density at radius 3 is 3.13 bits per heavy atom. The lowest BCUT2D eigenvalue weighted by molar-refractivity contribution is 0.311. The van der Waals surface area contributed by atoms with E-state index in [4.69, 9.17) is 5.11 Å². The fourth-order valence-corrected chi connectivity index (χ4v) is 1.19. The predicted molar refractivity (Wildman–Crippen MR) is 55.7 cm³/mol. The SMILES string of the molecule is O=c1ccc2cnc(NCCO)nc2[nH]1. The zero-order valence-electron chi connectivity index (χ0n) is 7.90. The van der Waals surface area contributed by atoms with Gasteiger partial charge in [-0.25, -0.2) is 4.98 Å². The number of aromatic nitrogens is 3. The fourth-order valence-electron chi connectivity index (χ4n) is 1.19. The second-order valence-corrected chi connectivity index (χ2v) is 2.97. The molecule has 0 saturated heterocycles. The summed E-state index contributed by atoms with van der Waals surface area (Å²) in [5.41, 5.74) is 0.284. The third kappa shape index (κ3) is 2.10. The Labute approximate surface area is 85.0 Å². The molecular weight excluding hydrogens is 196 g/mol. The number of hydrogen-bond acceptors (Lipinski definition) is 5. The van der Waals surface area contributed by atoms with E-state index in [2.05, 4.69) is 20.3 Å². The van der Waals surface area contributed by atoms with E-state index in [0.29, 0.717) is 18.1 Å². The summed E-state index contributed by atoms with van der Waals surface area (Å²) in [4.78, 5) is 21.7. The molecule has 6 nitrogen and oxygen atoms in total. The second kappa shape index (κ2) is 4.05. The van der Waals surface area contributed by atoms with Crippen LogP contribution in [0.1, 0.15) is 0 Å². The van der Waals surface area contributed by atoms with E-state index in [9.17, 15) is 4.79 Å². The van der Waals surface area contributed by atoms with Gasteiger partial charge < -0.3 is 15.4 Å². The zero-order chi connectivity index (χ0) is 10.7. The summed E-state index contributed by atoms with van der Waals surface area (Å²) >= 11 is 0. The normalized spacial score (nSPS) is 10.5. The van der Waals surface area contributed by atoms with Gasteiger partial charge in [0, 0.05) is 24.2 Å². The van der Waals surface area contributed by atoms with Crippen LogP contribution in [0.2, 0.25) is 0 Å². The summed E-state index contributed by atoms with van der Waals surface area (Å²) in [5.74, 6) is 0.387. The fraction of sp³-hybridized carbons (Fsp3) is 0.222.